The van der Waals surface area contributed by atoms with Gasteiger partial charge in [-0.1, -0.05) is 25.3 Å². The molecule has 2 heteroatoms. The van der Waals surface area contributed by atoms with E-state index >= 15 is 0 Å². The minimum absolute atomic E-state index is 0.210. The van der Waals surface area contributed by atoms with Crippen molar-refractivity contribution in [1.29, 1.82) is 0 Å². The minimum atomic E-state index is 0.210. The van der Waals surface area contributed by atoms with Crippen molar-refractivity contribution in [2.24, 2.45) is 11.7 Å². The largest absolute Gasteiger partial charge is 0.493 e. The van der Waals surface area contributed by atoms with Gasteiger partial charge in [0.05, 0.1) is 6.61 Å². The van der Waals surface area contributed by atoms with Crippen molar-refractivity contribution in [3.63, 3.8) is 0 Å². The predicted molar refractivity (Wildman–Crippen MR) is 78.4 cm³/mol. The highest BCUT2D eigenvalue weighted by atomic mass is 16.5. The Labute approximate surface area is 116 Å². The van der Waals surface area contributed by atoms with Crippen molar-refractivity contribution in [3.05, 3.63) is 29.3 Å². The summed E-state index contributed by atoms with van der Waals surface area (Å²) in [6, 6.07) is 6.73. The van der Waals surface area contributed by atoms with Crippen molar-refractivity contribution < 1.29 is 4.74 Å². The fraction of sp³-hybridized carbons (Fsp3) is 0.647. The van der Waals surface area contributed by atoms with Crippen molar-refractivity contribution in [2.75, 3.05) is 6.61 Å². The second-order valence-corrected chi connectivity index (χ2v) is 6.17. The molecule has 2 N–H and O–H groups in total. The van der Waals surface area contributed by atoms with Gasteiger partial charge in [0.1, 0.15) is 5.75 Å². The Morgan fingerprint density at radius 2 is 1.89 bits per heavy atom. The summed E-state index contributed by atoms with van der Waals surface area (Å²) in [6.45, 7) is 0.883. The van der Waals surface area contributed by atoms with Crippen LogP contribution < -0.4 is 10.5 Å². The SMILES string of the molecule is N[C@H]1CCCc2ccc(OCC3CCCCC3)cc21. The molecule has 0 bridgehead atoms. The maximum Gasteiger partial charge on any atom is 0.119 e. The second-order valence-electron chi connectivity index (χ2n) is 6.17. The van der Waals surface area contributed by atoms with Crippen LogP contribution in [0.5, 0.6) is 5.75 Å². The van der Waals surface area contributed by atoms with Crippen LogP contribution in [-0.4, -0.2) is 6.61 Å². The van der Waals surface area contributed by atoms with Crippen molar-refractivity contribution in [3.8, 4) is 5.75 Å². The molecule has 0 aromatic heterocycles. The van der Waals surface area contributed by atoms with Crippen LogP contribution in [0.2, 0.25) is 0 Å². The van der Waals surface area contributed by atoms with Crippen LogP contribution in [0.1, 0.15) is 62.1 Å². The standard InChI is InChI=1S/C17H25NO/c18-17-8-4-7-14-9-10-15(11-16(14)17)19-12-13-5-2-1-3-6-13/h9-11,13,17H,1-8,12,18H2/t17-/m0/s1. The smallest absolute Gasteiger partial charge is 0.119 e. The average molecular weight is 259 g/mol. The quantitative estimate of drug-likeness (QED) is 0.891. The molecule has 0 saturated heterocycles. The van der Waals surface area contributed by atoms with E-state index < -0.39 is 0 Å². The molecular weight excluding hydrogens is 234 g/mol. The van der Waals surface area contributed by atoms with Crippen LogP contribution in [0.25, 0.3) is 0 Å². The number of hydrogen-bond acceptors (Lipinski definition) is 2. The molecule has 0 unspecified atom stereocenters. The van der Waals surface area contributed by atoms with Gasteiger partial charge in [0.25, 0.3) is 0 Å². The zero-order valence-corrected chi connectivity index (χ0v) is 11.7. The first-order valence-corrected chi connectivity index (χ1v) is 7.84. The van der Waals surface area contributed by atoms with Crippen LogP contribution in [0.3, 0.4) is 0 Å². The third-order valence-electron chi connectivity index (χ3n) is 4.69. The Bertz CT molecular complexity index is 423. The zero-order valence-electron chi connectivity index (χ0n) is 11.7. The van der Waals surface area contributed by atoms with E-state index in [0.29, 0.717) is 0 Å². The Kier molecular flexibility index (Phi) is 4.07. The topological polar surface area (TPSA) is 35.2 Å². The monoisotopic (exact) mass is 259 g/mol. The lowest BCUT2D eigenvalue weighted by Crippen LogP contribution is -2.18. The van der Waals surface area contributed by atoms with Crippen LogP contribution in [0, 0.1) is 5.92 Å². The Hall–Kier alpha value is -1.02. The molecule has 2 nitrogen and oxygen atoms in total. The average Bonchev–Trinajstić information content (AvgIpc) is 2.47. The summed E-state index contributed by atoms with van der Waals surface area (Å²) in [6.07, 6.45) is 10.3. The summed E-state index contributed by atoms with van der Waals surface area (Å²) in [5.41, 5.74) is 8.93. The normalized spacial score (nSPS) is 23.9. The van der Waals surface area contributed by atoms with E-state index in [1.165, 1.54) is 56.1 Å². The van der Waals surface area contributed by atoms with Gasteiger partial charge in [-0.2, -0.15) is 0 Å². The predicted octanol–water partition coefficient (Wildman–Crippen LogP) is 3.98. The molecule has 2 aliphatic rings. The van der Waals surface area contributed by atoms with Crippen LogP contribution in [0.4, 0.5) is 0 Å². The van der Waals surface area contributed by atoms with Gasteiger partial charge < -0.3 is 10.5 Å². The van der Waals surface area contributed by atoms with Crippen LogP contribution in [-0.2, 0) is 6.42 Å². The fourth-order valence-electron chi connectivity index (χ4n) is 3.47. The van der Waals surface area contributed by atoms with E-state index in [1.54, 1.807) is 0 Å². The first-order chi connectivity index (χ1) is 9.33. The van der Waals surface area contributed by atoms with Gasteiger partial charge in [-0.3, -0.25) is 0 Å². The lowest BCUT2D eigenvalue weighted by Gasteiger charge is -2.24. The molecule has 2 aliphatic carbocycles. The first kappa shape index (κ1) is 13.0. The number of aryl methyl sites for hydroxylation is 1. The molecule has 0 radical (unpaired) electrons. The Morgan fingerprint density at radius 1 is 1.05 bits per heavy atom. The lowest BCUT2D eigenvalue weighted by molar-refractivity contribution is 0.208. The summed E-state index contributed by atoms with van der Waals surface area (Å²) in [5, 5.41) is 0. The number of fused-ring (bicyclic) bond motifs is 1. The third-order valence-corrected chi connectivity index (χ3v) is 4.69. The van der Waals surface area contributed by atoms with E-state index in [4.69, 9.17) is 10.5 Å². The van der Waals surface area contributed by atoms with Crippen LogP contribution in [0.15, 0.2) is 18.2 Å². The molecule has 104 valence electrons. The molecule has 0 aliphatic heterocycles. The van der Waals surface area contributed by atoms with E-state index in [2.05, 4.69) is 18.2 Å². The highest BCUT2D eigenvalue weighted by molar-refractivity contribution is 5.39. The Morgan fingerprint density at radius 3 is 2.74 bits per heavy atom. The molecule has 0 amide bonds. The molecule has 1 atom stereocenters. The number of nitrogens with two attached hydrogens (primary N) is 1. The highest BCUT2D eigenvalue weighted by Crippen LogP contribution is 2.31. The number of rotatable bonds is 3. The molecule has 0 spiro atoms. The van der Waals surface area contributed by atoms with Gasteiger partial charge in [0.15, 0.2) is 0 Å². The van der Waals surface area contributed by atoms with E-state index in [-0.39, 0.29) is 6.04 Å². The van der Waals surface area contributed by atoms with Gasteiger partial charge in [-0.25, -0.2) is 0 Å². The van der Waals surface area contributed by atoms with Gasteiger partial charge in [0.2, 0.25) is 0 Å². The summed E-state index contributed by atoms with van der Waals surface area (Å²) in [7, 11) is 0. The number of ether oxygens (including phenoxy) is 1. The summed E-state index contributed by atoms with van der Waals surface area (Å²) in [4.78, 5) is 0. The lowest BCUT2D eigenvalue weighted by atomic mass is 9.88. The number of benzene rings is 1. The highest BCUT2D eigenvalue weighted by Gasteiger charge is 2.18. The molecule has 0 heterocycles. The maximum atomic E-state index is 6.20. The molecule has 1 aromatic rings. The van der Waals surface area contributed by atoms with E-state index in [0.717, 1.165) is 24.7 Å². The van der Waals surface area contributed by atoms with Crippen LogP contribution >= 0.6 is 0 Å². The third kappa shape index (κ3) is 3.11. The molecular formula is C17H25NO. The molecule has 1 fully saturated rings. The van der Waals surface area contributed by atoms with E-state index in [9.17, 15) is 0 Å². The summed E-state index contributed by atoms with van der Waals surface area (Å²) in [5.74, 6) is 1.78. The van der Waals surface area contributed by atoms with Gasteiger partial charge >= 0.3 is 0 Å². The minimum Gasteiger partial charge on any atom is -0.493 e. The zero-order chi connectivity index (χ0) is 13.1. The maximum absolute atomic E-state index is 6.20. The Balaban J connectivity index is 1.63. The molecule has 1 aromatic carbocycles. The summed E-state index contributed by atoms with van der Waals surface area (Å²) < 4.78 is 6.00. The molecule has 19 heavy (non-hydrogen) atoms. The number of hydrogen-bond donors (Lipinski definition) is 1. The van der Waals surface area contributed by atoms with Crippen molar-refractivity contribution in [2.45, 2.75) is 57.4 Å². The molecule has 1 saturated carbocycles. The van der Waals surface area contributed by atoms with E-state index in [1.807, 2.05) is 0 Å². The first-order valence-electron chi connectivity index (χ1n) is 7.84. The molecule has 3 rings (SSSR count). The second kappa shape index (κ2) is 5.96. The summed E-state index contributed by atoms with van der Waals surface area (Å²) >= 11 is 0. The van der Waals surface area contributed by atoms with Gasteiger partial charge in [-0.05, 0) is 61.3 Å². The van der Waals surface area contributed by atoms with Gasteiger partial charge in [-0.15, -0.1) is 0 Å². The van der Waals surface area contributed by atoms with Crippen molar-refractivity contribution >= 4 is 0 Å². The fourth-order valence-corrected chi connectivity index (χ4v) is 3.47. The van der Waals surface area contributed by atoms with Crippen molar-refractivity contribution in [1.82, 2.24) is 0 Å². The van der Waals surface area contributed by atoms with Gasteiger partial charge in [0, 0.05) is 6.04 Å².